The number of hydrogen-bond acceptors (Lipinski definition) is 5. The van der Waals surface area contributed by atoms with Crippen molar-refractivity contribution in [3.05, 3.63) is 77.6 Å². The Bertz CT molecular complexity index is 1830. The smallest absolute Gasteiger partial charge is 0.410 e. The molecule has 234 valence electrons. The largest absolute Gasteiger partial charge is 0.455 e. The van der Waals surface area contributed by atoms with E-state index in [1.54, 1.807) is 0 Å². The summed E-state index contributed by atoms with van der Waals surface area (Å²) in [5.41, 5.74) is -2.12. The Morgan fingerprint density at radius 2 is 1.61 bits per heavy atom. The minimum absolute atomic E-state index is 0.0270. The Hall–Kier alpha value is -4.46. The summed E-state index contributed by atoms with van der Waals surface area (Å²) in [6, 6.07) is 13.2. The second-order valence-electron chi connectivity index (χ2n) is 10.4. The first-order chi connectivity index (χ1) is 20.5. The molecule has 0 radical (unpaired) electrons. The maximum absolute atomic E-state index is 13.7. The summed E-state index contributed by atoms with van der Waals surface area (Å²) in [5.74, 6) is -2.13. The fraction of sp³-hybridized carbons (Fsp3) is 0.267. The second kappa shape index (κ2) is 11.9. The molecule has 1 heterocycles. The highest BCUT2D eigenvalue weighted by molar-refractivity contribution is 7.92. The van der Waals surface area contributed by atoms with Crippen LogP contribution in [-0.4, -0.2) is 58.5 Å². The Morgan fingerprint density at radius 3 is 2.18 bits per heavy atom. The van der Waals surface area contributed by atoms with Gasteiger partial charge in [0.2, 0.25) is 10.0 Å². The van der Waals surface area contributed by atoms with Crippen LogP contribution in [-0.2, 0) is 10.0 Å². The molecule has 0 bridgehead atoms. The molecule has 0 fully saturated rings. The molecule has 4 rings (SSSR count). The summed E-state index contributed by atoms with van der Waals surface area (Å²) in [7, 11) is -2.72. The average molecular weight is 638 g/mol. The van der Waals surface area contributed by atoms with Gasteiger partial charge in [-0.15, -0.1) is 0 Å². The first-order valence-electron chi connectivity index (χ1n) is 13.1. The van der Waals surface area contributed by atoms with Gasteiger partial charge >= 0.3 is 6.18 Å². The van der Waals surface area contributed by atoms with Gasteiger partial charge in [0.1, 0.15) is 29.4 Å². The predicted molar refractivity (Wildman–Crippen MR) is 156 cm³/mol. The molecule has 0 spiro atoms. The summed E-state index contributed by atoms with van der Waals surface area (Å²) < 4.78 is 100.0. The minimum atomic E-state index is -4.75. The van der Waals surface area contributed by atoms with Crippen molar-refractivity contribution < 1.29 is 44.4 Å². The number of benzene rings is 3. The molecule has 3 aromatic carbocycles. The third-order valence-electron chi connectivity index (χ3n) is 6.89. The zero-order valence-electron chi connectivity index (χ0n) is 24.0. The number of furan rings is 1. The number of sulfonamides is 1. The van der Waals surface area contributed by atoms with E-state index in [-0.39, 0.29) is 44.7 Å². The zero-order valence-corrected chi connectivity index (χ0v) is 24.8. The first-order valence-corrected chi connectivity index (χ1v) is 14.9. The third kappa shape index (κ3) is 6.39. The van der Waals surface area contributed by atoms with Crippen molar-refractivity contribution in [3.63, 3.8) is 0 Å². The first kappa shape index (κ1) is 32.5. The Morgan fingerprint density at radius 1 is 0.955 bits per heavy atom. The topological polar surface area (TPSA) is 109 Å². The van der Waals surface area contributed by atoms with E-state index >= 15 is 0 Å². The molecule has 0 atom stereocenters. The highest BCUT2D eigenvalue weighted by Gasteiger charge is 2.48. The summed E-state index contributed by atoms with van der Waals surface area (Å²) >= 11 is 0. The standard InChI is InChI=1S/C30H28F5N3O5S/c1-29(2,30(33,34)35)37-27(39)19-7-5-6-18(14-19)21-15-22-24(16-23(21)38(13-12-31)44(4,41)42)43-26(25(22)28(40)36-3)17-8-10-20(32)11-9-17/h5-11,14-16H,12-13H2,1-4H3,(H,36,40)(H,37,39). The van der Waals surface area contributed by atoms with Crippen molar-refractivity contribution >= 4 is 38.5 Å². The zero-order chi connectivity index (χ0) is 32.6. The molecular formula is C30H28F5N3O5S. The van der Waals surface area contributed by atoms with Gasteiger partial charge in [-0.1, -0.05) is 12.1 Å². The third-order valence-corrected chi connectivity index (χ3v) is 8.07. The van der Waals surface area contributed by atoms with Gasteiger partial charge in [0.25, 0.3) is 11.8 Å². The lowest BCUT2D eigenvalue weighted by Crippen LogP contribution is -2.54. The monoisotopic (exact) mass is 637 g/mol. The SMILES string of the molecule is CNC(=O)c1c(-c2ccc(F)cc2)oc2cc(N(CCF)S(C)(=O)=O)c(-c3cccc(C(=O)NC(C)(C)C(F)(F)F)c3)cc12. The lowest BCUT2D eigenvalue weighted by molar-refractivity contribution is -0.182. The molecule has 4 aromatic rings. The maximum atomic E-state index is 13.7. The number of rotatable bonds is 9. The van der Waals surface area contributed by atoms with E-state index in [0.717, 1.165) is 36.5 Å². The van der Waals surface area contributed by atoms with Crippen LogP contribution in [0.1, 0.15) is 34.6 Å². The molecule has 0 saturated carbocycles. The molecule has 0 aliphatic rings. The van der Waals surface area contributed by atoms with E-state index in [1.165, 1.54) is 55.6 Å². The van der Waals surface area contributed by atoms with Crippen LogP contribution in [0.3, 0.4) is 0 Å². The van der Waals surface area contributed by atoms with Crippen LogP contribution in [0.2, 0.25) is 0 Å². The van der Waals surface area contributed by atoms with Crippen LogP contribution in [0, 0.1) is 5.82 Å². The highest BCUT2D eigenvalue weighted by atomic mass is 32.2. The minimum Gasteiger partial charge on any atom is -0.455 e. The van der Waals surface area contributed by atoms with E-state index in [4.69, 9.17) is 4.42 Å². The molecule has 0 unspecified atom stereocenters. The van der Waals surface area contributed by atoms with Crippen molar-refractivity contribution in [1.82, 2.24) is 10.6 Å². The maximum Gasteiger partial charge on any atom is 0.410 e. The van der Waals surface area contributed by atoms with Crippen LogP contribution in [0.25, 0.3) is 33.4 Å². The molecule has 0 aliphatic heterocycles. The van der Waals surface area contributed by atoms with Gasteiger partial charge in [-0.2, -0.15) is 13.2 Å². The second-order valence-corrected chi connectivity index (χ2v) is 12.3. The van der Waals surface area contributed by atoms with Gasteiger partial charge in [0.15, 0.2) is 0 Å². The lowest BCUT2D eigenvalue weighted by Gasteiger charge is -2.29. The normalized spacial score (nSPS) is 12.3. The number of alkyl halides is 4. The number of carbonyl (C=O) groups is 2. The van der Waals surface area contributed by atoms with Crippen LogP contribution >= 0.6 is 0 Å². The number of halogens is 5. The molecule has 1 aromatic heterocycles. The fourth-order valence-corrected chi connectivity index (χ4v) is 5.43. The van der Waals surface area contributed by atoms with Gasteiger partial charge < -0.3 is 15.1 Å². The Labute approximate surface area is 249 Å². The quantitative estimate of drug-likeness (QED) is 0.217. The summed E-state index contributed by atoms with van der Waals surface area (Å²) in [4.78, 5) is 26.0. The summed E-state index contributed by atoms with van der Waals surface area (Å²) in [5, 5.41) is 4.65. The van der Waals surface area contributed by atoms with E-state index in [2.05, 4.69) is 5.32 Å². The van der Waals surface area contributed by atoms with Crippen molar-refractivity contribution in [3.8, 4) is 22.5 Å². The van der Waals surface area contributed by atoms with Crippen LogP contribution < -0.4 is 14.9 Å². The Kier molecular flexibility index (Phi) is 8.78. The number of carbonyl (C=O) groups excluding carboxylic acids is 2. The van der Waals surface area contributed by atoms with Gasteiger partial charge in [-0.25, -0.2) is 17.2 Å². The van der Waals surface area contributed by atoms with E-state index in [1.807, 2.05) is 5.32 Å². The van der Waals surface area contributed by atoms with Crippen molar-refractivity contribution in [2.24, 2.45) is 0 Å². The number of nitrogens with zero attached hydrogens (tertiary/aromatic N) is 1. The molecule has 8 nitrogen and oxygen atoms in total. The summed E-state index contributed by atoms with van der Waals surface area (Å²) in [6.07, 6.45) is -3.89. The molecule has 0 aliphatic carbocycles. The van der Waals surface area contributed by atoms with E-state index < -0.39 is 52.6 Å². The number of hydrogen-bond donors (Lipinski definition) is 2. The number of fused-ring (bicyclic) bond motifs is 1. The van der Waals surface area contributed by atoms with E-state index in [9.17, 15) is 40.0 Å². The van der Waals surface area contributed by atoms with Gasteiger partial charge in [0, 0.05) is 35.2 Å². The Balaban J connectivity index is 2.01. The predicted octanol–water partition coefficient (Wildman–Crippen LogP) is 6.07. The number of amides is 2. The van der Waals surface area contributed by atoms with Gasteiger partial charge in [-0.05, 0) is 61.9 Å². The molecule has 44 heavy (non-hydrogen) atoms. The van der Waals surface area contributed by atoms with Gasteiger partial charge in [0.05, 0.1) is 24.1 Å². The van der Waals surface area contributed by atoms with Crippen molar-refractivity contribution in [2.75, 3.05) is 30.8 Å². The van der Waals surface area contributed by atoms with Gasteiger partial charge in [-0.3, -0.25) is 13.9 Å². The molecule has 0 saturated heterocycles. The summed E-state index contributed by atoms with van der Waals surface area (Å²) in [6.45, 7) is -0.0492. The van der Waals surface area contributed by atoms with Crippen LogP contribution in [0.5, 0.6) is 0 Å². The average Bonchev–Trinajstić information content (AvgIpc) is 3.32. The number of nitrogens with one attached hydrogen (secondary N) is 2. The fourth-order valence-electron chi connectivity index (χ4n) is 4.52. The van der Waals surface area contributed by atoms with Crippen LogP contribution in [0.15, 0.2) is 65.1 Å². The molecule has 2 N–H and O–H groups in total. The van der Waals surface area contributed by atoms with E-state index in [0.29, 0.717) is 5.56 Å². The molecule has 14 heteroatoms. The molecular weight excluding hydrogens is 609 g/mol. The number of anilines is 1. The lowest BCUT2D eigenvalue weighted by atomic mass is 9.96. The van der Waals surface area contributed by atoms with Crippen molar-refractivity contribution in [1.29, 1.82) is 0 Å². The van der Waals surface area contributed by atoms with Crippen LogP contribution in [0.4, 0.5) is 27.6 Å². The molecule has 2 amide bonds. The highest BCUT2D eigenvalue weighted by Crippen LogP contribution is 2.42. The van der Waals surface area contributed by atoms with Crippen molar-refractivity contribution in [2.45, 2.75) is 25.6 Å².